The maximum atomic E-state index is 8.71. The van der Waals surface area contributed by atoms with Crippen LogP contribution in [0.1, 0.15) is 18.7 Å². The molecule has 1 aliphatic heterocycles. The second-order valence-corrected chi connectivity index (χ2v) is 5.07. The Morgan fingerprint density at radius 3 is 2.95 bits per heavy atom. The van der Waals surface area contributed by atoms with E-state index in [2.05, 4.69) is 31.5 Å². The fraction of sp³-hybridized carbons (Fsp3) is 0.538. The summed E-state index contributed by atoms with van der Waals surface area (Å²) < 4.78 is 1.93. The first-order chi connectivity index (χ1) is 9.78. The van der Waals surface area contributed by atoms with Crippen molar-refractivity contribution in [3.63, 3.8) is 0 Å². The van der Waals surface area contributed by atoms with Crippen LogP contribution in [0.25, 0.3) is 5.65 Å². The number of hydrogen-bond acceptors (Lipinski definition) is 6. The zero-order valence-electron chi connectivity index (χ0n) is 11.5. The molecular formula is C13H17N7. The van der Waals surface area contributed by atoms with Crippen molar-refractivity contribution in [1.82, 2.24) is 24.5 Å². The fourth-order valence-corrected chi connectivity index (χ4v) is 2.57. The van der Waals surface area contributed by atoms with E-state index in [1.54, 1.807) is 6.20 Å². The van der Waals surface area contributed by atoms with E-state index < -0.39 is 0 Å². The van der Waals surface area contributed by atoms with E-state index in [1.807, 2.05) is 17.5 Å². The zero-order valence-corrected chi connectivity index (χ0v) is 11.5. The second-order valence-electron chi connectivity index (χ2n) is 5.07. The monoisotopic (exact) mass is 271 g/mol. The molecule has 0 aromatic carbocycles. The molecule has 7 nitrogen and oxygen atoms in total. The van der Waals surface area contributed by atoms with Gasteiger partial charge in [-0.15, -0.1) is 10.2 Å². The summed E-state index contributed by atoms with van der Waals surface area (Å²) in [5.74, 6) is 1.64. The largest absolute Gasteiger partial charge is 0.364 e. The van der Waals surface area contributed by atoms with Crippen LogP contribution < -0.4 is 5.32 Å². The maximum absolute atomic E-state index is 8.71. The Hall–Kier alpha value is -2.20. The number of anilines is 1. The van der Waals surface area contributed by atoms with Gasteiger partial charge in [-0.05, 0) is 19.8 Å². The Morgan fingerprint density at radius 1 is 1.40 bits per heavy atom. The van der Waals surface area contributed by atoms with Crippen LogP contribution in [0.2, 0.25) is 0 Å². The molecule has 20 heavy (non-hydrogen) atoms. The SMILES string of the molecule is Cc1nnc2c(NC3CCN(CC#N)CC3)nccn12. The molecule has 104 valence electrons. The van der Waals surface area contributed by atoms with E-state index >= 15 is 0 Å². The molecule has 0 atom stereocenters. The number of aryl methyl sites for hydroxylation is 1. The molecule has 2 aromatic heterocycles. The number of nitriles is 1. The summed E-state index contributed by atoms with van der Waals surface area (Å²) in [7, 11) is 0. The maximum Gasteiger partial charge on any atom is 0.203 e. The molecule has 0 spiro atoms. The Bertz CT molecular complexity index is 634. The minimum Gasteiger partial charge on any atom is -0.364 e. The molecule has 1 aliphatic rings. The third-order valence-corrected chi connectivity index (χ3v) is 3.72. The van der Waals surface area contributed by atoms with Gasteiger partial charge in [0.05, 0.1) is 12.6 Å². The van der Waals surface area contributed by atoms with Crippen molar-refractivity contribution in [3.05, 3.63) is 18.2 Å². The molecule has 3 rings (SSSR count). The lowest BCUT2D eigenvalue weighted by atomic mass is 10.1. The Morgan fingerprint density at radius 2 is 2.20 bits per heavy atom. The molecule has 1 N–H and O–H groups in total. The first-order valence-corrected chi connectivity index (χ1v) is 6.80. The van der Waals surface area contributed by atoms with Crippen molar-refractivity contribution >= 4 is 11.5 Å². The highest BCUT2D eigenvalue weighted by molar-refractivity contribution is 5.62. The smallest absolute Gasteiger partial charge is 0.203 e. The molecule has 2 aromatic rings. The average Bonchev–Trinajstić information content (AvgIpc) is 2.84. The predicted molar refractivity (Wildman–Crippen MR) is 74.2 cm³/mol. The fourth-order valence-electron chi connectivity index (χ4n) is 2.57. The molecular weight excluding hydrogens is 254 g/mol. The highest BCUT2D eigenvalue weighted by atomic mass is 15.3. The highest BCUT2D eigenvalue weighted by Crippen LogP contribution is 2.18. The van der Waals surface area contributed by atoms with Gasteiger partial charge in [-0.2, -0.15) is 5.26 Å². The van der Waals surface area contributed by atoms with Gasteiger partial charge in [0.15, 0.2) is 5.82 Å². The third kappa shape index (κ3) is 2.42. The summed E-state index contributed by atoms with van der Waals surface area (Å²) in [6.07, 6.45) is 5.65. The van der Waals surface area contributed by atoms with Gasteiger partial charge in [0.25, 0.3) is 0 Å². The Labute approximate surface area is 117 Å². The van der Waals surface area contributed by atoms with E-state index in [-0.39, 0.29) is 0 Å². The predicted octanol–water partition coefficient (Wildman–Crippen LogP) is 0.833. The third-order valence-electron chi connectivity index (χ3n) is 3.72. The first kappa shape index (κ1) is 12.8. The Balaban J connectivity index is 1.70. The highest BCUT2D eigenvalue weighted by Gasteiger charge is 2.20. The molecule has 0 unspecified atom stereocenters. The standard InChI is InChI=1S/C13H17N7/c1-10-17-18-13-12(15-5-9-20(10)13)16-11-2-6-19(7-3-11)8-4-14/h5,9,11H,2-3,6-8H2,1H3,(H,15,16). The van der Waals surface area contributed by atoms with Gasteiger partial charge in [0.1, 0.15) is 5.82 Å². The van der Waals surface area contributed by atoms with Crippen LogP contribution in [0.4, 0.5) is 5.82 Å². The van der Waals surface area contributed by atoms with Crippen LogP contribution in [0.15, 0.2) is 12.4 Å². The average molecular weight is 271 g/mol. The van der Waals surface area contributed by atoms with Crippen LogP contribution >= 0.6 is 0 Å². The van der Waals surface area contributed by atoms with E-state index in [0.717, 1.165) is 43.2 Å². The summed E-state index contributed by atoms with van der Waals surface area (Å²) in [6.45, 7) is 4.33. The van der Waals surface area contributed by atoms with Gasteiger partial charge in [-0.1, -0.05) is 0 Å². The molecule has 0 radical (unpaired) electrons. The quantitative estimate of drug-likeness (QED) is 0.833. The summed E-state index contributed by atoms with van der Waals surface area (Å²) >= 11 is 0. The van der Waals surface area contributed by atoms with Crippen LogP contribution in [0.5, 0.6) is 0 Å². The molecule has 1 fully saturated rings. The van der Waals surface area contributed by atoms with Gasteiger partial charge >= 0.3 is 0 Å². The number of rotatable bonds is 3. The number of aromatic nitrogens is 4. The molecule has 7 heteroatoms. The summed E-state index contributed by atoms with van der Waals surface area (Å²) in [5, 5.41) is 20.4. The lowest BCUT2D eigenvalue weighted by molar-refractivity contribution is 0.242. The molecule has 3 heterocycles. The van der Waals surface area contributed by atoms with Gasteiger partial charge in [0, 0.05) is 31.5 Å². The minimum absolute atomic E-state index is 0.376. The van der Waals surface area contributed by atoms with Crippen molar-refractivity contribution in [1.29, 1.82) is 5.26 Å². The van der Waals surface area contributed by atoms with Crippen molar-refractivity contribution in [2.45, 2.75) is 25.8 Å². The lowest BCUT2D eigenvalue weighted by Gasteiger charge is -2.30. The van der Waals surface area contributed by atoms with E-state index in [9.17, 15) is 0 Å². The number of nitrogens with zero attached hydrogens (tertiary/aromatic N) is 6. The van der Waals surface area contributed by atoms with Crippen LogP contribution in [-0.2, 0) is 0 Å². The van der Waals surface area contributed by atoms with E-state index in [0.29, 0.717) is 12.6 Å². The lowest BCUT2D eigenvalue weighted by Crippen LogP contribution is -2.39. The number of nitrogens with one attached hydrogen (secondary N) is 1. The summed E-state index contributed by atoms with van der Waals surface area (Å²) in [5.41, 5.74) is 0.768. The van der Waals surface area contributed by atoms with Gasteiger partial charge < -0.3 is 5.32 Å². The number of fused-ring (bicyclic) bond motifs is 1. The van der Waals surface area contributed by atoms with E-state index in [1.165, 1.54) is 0 Å². The van der Waals surface area contributed by atoms with Crippen LogP contribution in [0.3, 0.4) is 0 Å². The number of piperidine rings is 1. The van der Waals surface area contributed by atoms with Crippen LogP contribution in [0, 0.1) is 18.3 Å². The molecule has 0 saturated carbocycles. The topological polar surface area (TPSA) is 82.1 Å². The molecule has 0 bridgehead atoms. The van der Waals surface area contributed by atoms with E-state index in [4.69, 9.17) is 5.26 Å². The van der Waals surface area contributed by atoms with Crippen molar-refractivity contribution in [2.24, 2.45) is 0 Å². The summed E-state index contributed by atoms with van der Waals surface area (Å²) in [6, 6.07) is 2.58. The van der Waals surface area contributed by atoms with Crippen molar-refractivity contribution in [2.75, 3.05) is 25.0 Å². The van der Waals surface area contributed by atoms with Crippen LogP contribution in [-0.4, -0.2) is 50.2 Å². The Kier molecular flexibility index (Phi) is 3.48. The zero-order chi connectivity index (χ0) is 13.9. The summed E-state index contributed by atoms with van der Waals surface area (Å²) in [4.78, 5) is 6.54. The second kappa shape index (κ2) is 5.43. The van der Waals surface area contributed by atoms with Gasteiger partial charge in [0.2, 0.25) is 5.65 Å². The normalized spacial score (nSPS) is 17.2. The number of likely N-dealkylation sites (tertiary alicyclic amines) is 1. The molecule has 0 aliphatic carbocycles. The van der Waals surface area contributed by atoms with Gasteiger partial charge in [-0.25, -0.2) is 4.98 Å². The first-order valence-electron chi connectivity index (χ1n) is 6.80. The van der Waals surface area contributed by atoms with Crippen molar-refractivity contribution < 1.29 is 0 Å². The van der Waals surface area contributed by atoms with Gasteiger partial charge in [-0.3, -0.25) is 9.30 Å². The minimum atomic E-state index is 0.376. The van der Waals surface area contributed by atoms with Crippen molar-refractivity contribution in [3.8, 4) is 6.07 Å². The molecule has 1 saturated heterocycles. The molecule has 0 amide bonds. The number of hydrogen-bond donors (Lipinski definition) is 1.